The fourth-order valence-corrected chi connectivity index (χ4v) is 1.78. The number of halogens is 3. The molecule has 0 saturated heterocycles. The van der Waals surface area contributed by atoms with Crippen LogP contribution in [0.2, 0.25) is 0 Å². The molecule has 0 spiro atoms. The topological polar surface area (TPSA) is 35.2 Å². The monoisotopic (exact) mass is 225 g/mol. The molecule has 5 heteroatoms. The van der Waals surface area contributed by atoms with Gasteiger partial charge in [-0.15, -0.1) is 0 Å². The minimum absolute atomic E-state index is 0.00940. The Morgan fingerprint density at radius 3 is 2.27 bits per heavy atom. The third-order valence-electron chi connectivity index (χ3n) is 2.83. The summed E-state index contributed by atoms with van der Waals surface area (Å²) in [5, 5.41) is 0. The van der Waals surface area contributed by atoms with E-state index in [9.17, 15) is 13.2 Å². The molecule has 0 radical (unpaired) electrons. The van der Waals surface area contributed by atoms with E-state index in [1.54, 1.807) is 0 Å². The van der Waals surface area contributed by atoms with Gasteiger partial charge in [0.15, 0.2) is 0 Å². The zero-order chi connectivity index (χ0) is 11.3. The lowest BCUT2D eigenvalue weighted by Crippen LogP contribution is -2.35. The summed E-state index contributed by atoms with van der Waals surface area (Å²) in [7, 11) is 0. The van der Waals surface area contributed by atoms with Gasteiger partial charge in [0, 0.05) is 6.54 Å². The predicted molar refractivity (Wildman–Crippen MR) is 51.4 cm³/mol. The van der Waals surface area contributed by atoms with E-state index in [0.29, 0.717) is 0 Å². The number of ether oxygens (including phenoxy) is 1. The van der Waals surface area contributed by atoms with E-state index in [2.05, 4.69) is 0 Å². The van der Waals surface area contributed by atoms with Crippen LogP contribution in [0.25, 0.3) is 0 Å². The number of hydrogen-bond acceptors (Lipinski definition) is 2. The summed E-state index contributed by atoms with van der Waals surface area (Å²) < 4.78 is 42.2. The van der Waals surface area contributed by atoms with Crippen LogP contribution in [0, 0.1) is 5.92 Å². The van der Waals surface area contributed by atoms with Crippen LogP contribution >= 0.6 is 0 Å². The quantitative estimate of drug-likeness (QED) is 0.797. The molecular formula is C10H18F3NO. The Morgan fingerprint density at radius 1 is 1.20 bits per heavy atom. The average Bonchev–Trinajstić information content (AvgIpc) is 2.18. The first kappa shape index (κ1) is 12.8. The molecule has 1 saturated carbocycles. The van der Waals surface area contributed by atoms with Gasteiger partial charge in [-0.1, -0.05) is 19.3 Å². The molecule has 0 aromatic heterocycles. The number of hydrogen-bond donors (Lipinski definition) is 1. The largest absolute Gasteiger partial charge is 0.395 e. The van der Waals surface area contributed by atoms with Crippen LogP contribution < -0.4 is 5.73 Å². The summed E-state index contributed by atoms with van der Waals surface area (Å²) in [6.45, 7) is -0.680. The molecule has 0 heterocycles. The van der Waals surface area contributed by atoms with E-state index >= 15 is 0 Å². The van der Waals surface area contributed by atoms with Gasteiger partial charge in [0.2, 0.25) is 0 Å². The highest BCUT2D eigenvalue weighted by Crippen LogP contribution is 2.27. The molecule has 0 aliphatic heterocycles. The zero-order valence-electron chi connectivity index (χ0n) is 8.72. The van der Waals surface area contributed by atoms with Crippen LogP contribution in [0.3, 0.4) is 0 Å². The summed E-state index contributed by atoms with van der Waals surface area (Å²) in [5.41, 5.74) is 5.07. The van der Waals surface area contributed by atoms with E-state index in [1.165, 1.54) is 6.42 Å². The second-order valence-electron chi connectivity index (χ2n) is 4.07. The lowest BCUT2D eigenvalue weighted by molar-refractivity contribution is -0.190. The van der Waals surface area contributed by atoms with Crippen molar-refractivity contribution in [1.29, 1.82) is 0 Å². The summed E-state index contributed by atoms with van der Waals surface area (Å²) >= 11 is 0. The van der Waals surface area contributed by atoms with Crippen molar-refractivity contribution in [2.24, 2.45) is 11.7 Å². The molecule has 1 aliphatic carbocycles. The zero-order valence-corrected chi connectivity index (χ0v) is 8.72. The third-order valence-corrected chi connectivity index (χ3v) is 2.83. The van der Waals surface area contributed by atoms with Crippen LogP contribution in [-0.2, 0) is 4.74 Å². The van der Waals surface area contributed by atoms with Crippen molar-refractivity contribution in [3.05, 3.63) is 0 Å². The van der Waals surface area contributed by atoms with Gasteiger partial charge in [0.1, 0.15) is 0 Å². The highest BCUT2D eigenvalue weighted by Gasteiger charge is 2.39. The maximum atomic E-state index is 12.3. The van der Waals surface area contributed by atoms with Gasteiger partial charge in [-0.3, -0.25) is 0 Å². The van der Waals surface area contributed by atoms with E-state index < -0.39 is 18.6 Å². The SMILES string of the molecule is NCC(COC1CCCCC1)C(F)(F)F. The molecule has 1 aliphatic rings. The molecular weight excluding hydrogens is 207 g/mol. The van der Waals surface area contributed by atoms with Gasteiger partial charge >= 0.3 is 6.18 Å². The van der Waals surface area contributed by atoms with Crippen LogP contribution in [0.15, 0.2) is 0 Å². The molecule has 1 unspecified atom stereocenters. The Balaban J connectivity index is 2.27. The standard InChI is InChI=1S/C10H18F3NO/c11-10(12,13)8(6-14)7-15-9-4-2-1-3-5-9/h8-9H,1-7,14H2. The minimum Gasteiger partial charge on any atom is -0.378 e. The van der Waals surface area contributed by atoms with Gasteiger partial charge in [-0.05, 0) is 12.8 Å². The summed E-state index contributed by atoms with van der Waals surface area (Å²) in [6, 6.07) is 0. The van der Waals surface area contributed by atoms with Crippen molar-refractivity contribution >= 4 is 0 Å². The average molecular weight is 225 g/mol. The van der Waals surface area contributed by atoms with E-state index in [0.717, 1.165) is 25.7 Å². The van der Waals surface area contributed by atoms with Crippen molar-refractivity contribution in [3.8, 4) is 0 Å². The highest BCUT2D eigenvalue weighted by molar-refractivity contribution is 4.70. The molecule has 0 amide bonds. The lowest BCUT2D eigenvalue weighted by atomic mass is 9.97. The summed E-state index contributed by atoms with van der Waals surface area (Å²) in [6.07, 6.45) is 0.830. The molecule has 1 fully saturated rings. The van der Waals surface area contributed by atoms with Crippen LogP contribution in [0.4, 0.5) is 13.2 Å². The van der Waals surface area contributed by atoms with Crippen molar-refractivity contribution in [3.63, 3.8) is 0 Å². The molecule has 2 nitrogen and oxygen atoms in total. The van der Waals surface area contributed by atoms with Gasteiger partial charge in [0.25, 0.3) is 0 Å². The van der Waals surface area contributed by atoms with Crippen molar-refractivity contribution < 1.29 is 17.9 Å². The minimum atomic E-state index is -4.23. The second kappa shape index (κ2) is 5.70. The van der Waals surface area contributed by atoms with E-state index in [-0.39, 0.29) is 12.7 Å². The Kier molecular flexibility index (Phi) is 4.86. The predicted octanol–water partition coefficient (Wildman–Crippen LogP) is 2.47. The van der Waals surface area contributed by atoms with Gasteiger partial charge in [-0.2, -0.15) is 13.2 Å². The number of nitrogens with two attached hydrogens (primary N) is 1. The second-order valence-corrected chi connectivity index (χ2v) is 4.07. The molecule has 1 atom stereocenters. The molecule has 0 aromatic carbocycles. The van der Waals surface area contributed by atoms with Gasteiger partial charge < -0.3 is 10.5 Å². The smallest absolute Gasteiger partial charge is 0.378 e. The fraction of sp³-hybridized carbons (Fsp3) is 1.00. The van der Waals surface area contributed by atoms with Crippen LogP contribution in [0.1, 0.15) is 32.1 Å². The Bertz CT molecular complexity index is 178. The molecule has 1 rings (SSSR count). The molecule has 0 bridgehead atoms. The number of rotatable bonds is 4. The third kappa shape index (κ3) is 4.38. The fourth-order valence-electron chi connectivity index (χ4n) is 1.78. The number of alkyl halides is 3. The molecule has 15 heavy (non-hydrogen) atoms. The summed E-state index contributed by atoms with van der Waals surface area (Å²) in [4.78, 5) is 0. The van der Waals surface area contributed by atoms with Gasteiger partial charge in [-0.25, -0.2) is 0 Å². The summed E-state index contributed by atoms with van der Waals surface area (Å²) in [5.74, 6) is -1.51. The van der Waals surface area contributed by atoms with Crippen molar-refractivity contribution in [1.82, 2.24) is 0 Å². The van der Waals surface area contributed by atoms with Crippen LogP contribution in [-0.4, -0.2) is 25.4 Å². The molecule has 90 valence electrons. The van der Waals surface area contributed by atoms with Crippen LogP contribution in [0.5, 0.6) is 0 Å². The van der Waals surface area contributed by atoms with Gasteiger partial charge in [0.05, 0.1) is 18.6 Å². The maximum Gasteiger partial charge on any atom is 0.395 e. The first-order chi connectivity index (χ1) is 7.04. The Morgan fingerprint density at radius 2 is 1.80 bits per heavy atom. The molecule has 2 N–H and O–H groups in total. The molecule has 0 aromatic rings. The first-order valence-electron chi connectivity index (χ1n) is 5.42. The normalized spacial score (nSPS) is 21.6. The lowest BCUT2D eigenvalue weighted by Gasteiger charge is -2.25. The van der Waals surface area contributed by atoms with Crippen molar-refractivity contribution in [2.75, 3.05) is 13.2 Å². The highest BCUT2D eigenvalue weighted by atomic mass is 19.4. The Hall–Kier alpha value is -0.290. The Labute approximate surface area is 88.0 Å². The maximum absolute atomic E-state index is 12.3. The van der Waals surface area contributed by atoms with E-state index in [4.69, 9.17) is 10.5 Å². The van der Waals surface area contributed by atoms with E-state index in [1.807, 2.05) is 0 Å². The first-order valence-corrected chi connectivity index (χ1v) is 5.42. The van der Waals surface area contributed by atoms with Crippen molar-refractivity contribution in [2.45, 2.75) is 44.4 Å².